The maximum absolute atomic E-state index is 4.16. The zero-order chi connectivity index (χ0) is 52.3. The smallest absolute Gasteiger partial charge is 0.198 e. The van der Waals surface area contributed by atoms with Crippen LogP contribution in [0.1, 0.15) is 155 Å². The standard InChI is InChI=1S/C71H74BN3S/c1-11-12-13-20-43-25-28-47(29-26-43)73-57-42-63-49(50-39-54-55(41-62(50)76-63)69(7,8)34-33-68(54,5)6)38-48(57)51-40-61(75-58-24-17-16-23-53(58)70(9)31-18-19-32-71(70,75)10)64-52-35-44-21-14-15-22-45(44)36-60(52)74-59-30-27-46(67(2,3)4)37-56(59)72-65(51)66(64)74/h14-17,21-30,35-42,72-73H,11-13,18-20,31-34H2,1-10H3. The minimum absolute atomic E-state index is 0.00348. The molecule has 10 aromatic rings. The Labute approximate surface area is 456 Å². The van der Waals surface area contributed by atoms with Crippen molar-refractivity contribution in [2.24, 2.45) is 0 Å². The molecule has 4 aliphatic rings. The van der Waals surface area contributed by atoms with Crippen LogP contribution in [0.25, 0.3) is 69.6 Å². The van der Waals surface area contributed by atoms with E-state index in [1.807, 2.05) is 11.3 Å². The van der Waals surface area contributed by atoms with Crippen molar-refractivity contribution in [2.45, 2.75) is 161 Å². The van der Waals surface area contributed by atoms with E-state index in [9.17, 15) is 0 Å². The number of benzene rings is 8. The van der Waals surface area contributed by atoms with Gasteiger partial charge in [-0.2, -0.15) is 0 Å². The van der Waals surface area contributed by atoms with Gasteiger partial charge in [-0.3, -0.25) is 0 Å². The van der Waals surface area contributed by atoms with Crippen molar-refractivity contribution in [3.05, 3.63) is 161 Å². The van der Waals surface area contributed by atoms with Gasteiger partial charge in [-0.25, -0.2) is 0 Å². The third kappa shape index (κ3) is 7.05. The number of para-hydroxylation sites is 1. The number of nitrogens with zero attached hydrogens (tertiary/aromatic N) is 2. The normalized spacial score (nSPS) is 20.3. The van der Waals surface area contributed by atoms with Gasteiger partial charge in [0.15, 0.2) is 7.28 Å². The molecule has 1 saturated carbocycles. The van der Waals surface area contributed by atoms with Gasteiger partial charge in [0.05, 0.1) is 22.3 Å². The lowest BCUT2D eigenvalue weighted by molar-refractivity contribution is 0.195. The van der Waals surface area contributed by atoms with Gasteiger partial charge in [0.2, 0.25) is 0 Å². The highest BCUT2D eigenvalue weighted by molar-refractivity contribution is 7.25. The highest BCUT2D eigenvalue weighted by atomic mass is 32.1. The average Bonchev–Trinajstić information content (AvgIpc) is 3.94. The number of hydrogen-bond acceptors (Lipinski definition) is 3. The third-order valence-corrected chi connectivity index (χ3v) is 21.1. The molecule has 1 fully saturated rings. The molecule has 0 amide bonds. The van der Waals surface area contributed by atoms with Gasteiger partial charge in [-0.15, -0.1) is 11.3 Å². The monoisotopic (exact) mass is 1010 g/mol. The summed E-state index contributed by atoms with van der Waals surface area (Å²) in [5, 5.41) is 12.2. The van der Waals surface area contributed by atoms with Crippen LogP contribution in [0.4, 0.5) is 22.7 Å². The van der Waals surface area contributed by atoms with Gasteiger partial charge in [-0.1, -0.05) is 160 Å². The molecule has 14 rings (SSSR count). The first-order chi connectivity index (χ1) is 36.5. The van der Waals surface area contributed by atoms with Crippen molar-refractivity contribution in [3.63, 3.8) is 0 Å². The van der Waals surface area contributed by atoms with E-state index in [2.05, 4.69) is 217 Å². The molecule has 0 bridgehead atoms. The molecule has 0 saturated heterocycles. The Bertz CT molecular complexity index is 4050. The second kappa shape index (κ2) is 16.9. The summed E-state index contributed by atoms with van der Waals surface area (Å²) >= 11 is 1.98. The summed E-state index contributed by atoms with van der Waals surface area (Å²) in [6.45, 7) is 24.5. The lowest BCUT2D eigenvalue weighted by Crippen LogP contribution is -2.54. The molecule has 5 heteroatoms. The SMILES string of the molecule is CCCCCc1ccc(Nc2cc3sc4cc5c(cc4c3cc2-c2cc(N3c4ccccc4C4(C)CCCCC34C)c3c4cc6ccccc6cc4n4c3c2Bc2cc(C(C)(C)C)ccc2-4)C(C)(C)CCC5(C)C)cc1. The lowest BCUT2D eigenvalue weighted by Gasteiger charge is -2.50. The maximum atomic E-state index is 4.16. The fourth-order valence-corrected chi connectivity index (χ4v) is 16.3. The largest absolute Gasteiger partial charge is 0.355 e. The predicted octanol–water partition coefficient (Wildman–Crippen LogP) is 18.5. The predicted molar refractivity (Wildman–Crippen MR) is 333 cm³/mol. The minimum atomic E-state index is -0.136. The van der Waals surface area contributed by atoms with Crippen molar-refractivity contribution in [1.82, 2.24) is 4.57 Å². The zero-order valence-corrected chi connectivity index (χ0v) is 47.6. The molecule has 0 spiro atoms. The van der Waals surface area contributed by atoms with Crippen LogP contribution in [0.15, 0.2) is 133 Å². The fourth-order valence-electron chi connectivity index (χ4n) is 15.2. The molecule has 4 heterocycles. The summed E-state index contributed by atoms with van der Waals surface area (Å²) in [7, 11) is 0.845. The molecule has 382 valence electrons. The number of rotatable bonds is 8. The Morgan fingerprint density at radius 2 is 1.30 bits per heavy atom. The van der Waals surface area contributed by atoms with E-state index in [0.717, 1.165) is 25.8 Å². The Balaban J connectivity index is 1.12. The van der Waals surface area contributed by atoms with Crippen LogP contribution in [0, 0.1) is 0 Å². The summed E-state index contributed by atoms with van der Waals surface area (Å²) in [6.07, 6.45) is 12.1. The molecule has 76 heavy (non-hydrogen) atoms. The second-order valence-corrected chi connectivity index (χ2v) is 27.7. The topological polar surface area (TPSA) is 20.2 Å². The van der Waals surface area contributed by atoms with Gasteiger partial charge in [0, 0.05) is 64.7 Å². The number of nitrogens with one attached hydrogen (secondary N) is 1. The molecule has 2 unspecified atom stereocenters. The highest BCUT2D eigenvalue weighted by Crippen LogP contribution is 2.62. The van der Waals surface area contributed by atoms with E-state index in [1.165, 1.54) is 177 Å². The quantitative estimate of drug-likeness (QED) is 0.121. The molecule has 2 atom stereocenters. The van der Waals surface area contributed by atoms with Gasteiger partial charge in [0.1, 0.15) is 0 Å². The summed E-state index contributed by atoms with van der Waals surface area (Å²) in [4.78, 5) is 2.88. The van der Waals surface area contributed by atoms with Crippen LogP contribution in [0.5, 0.6) is 0 Å². The number of thiophene rings is 1. The van der Waals surface area contributed by atoms with Crippen molar-refractivity contribution in [2.75, 3.05) is 10.2 Å². The summed E-state index contributed by atoms with van der Waals surface area (Å²) < 4.78 is 5.43. The number of aromatic nitrogens is 1. The molecule has 2 aliphatic heterocycles. The van der Waals surface area contributed by atoms with Crippen LogP contribution < -0.4 is 21.1 Å². The Kier molecular flexibility index (Phi) is 10.7. The van der Waals surface area contributed by atoms with E-state index in [-0.39, 0.29) is 27.2 Å². The first kappa shape index (κ1) is 48.1. The van der Waals surface area contributed by atoms with Crippen LogP contribution in [-0.2, 0) is 28.1 Å². The van der Waals surface area contributed by atoms with E-state index in [1.54, 1.807) is 0 Å². The third-order valence-electron chi connectivity index (χ3n) is 20.0. The van der Waals surface area contributed by atoms with Crippen molar-refractivity contribution in [3.8, 4) is 16.8 Å². The number of unbranched alkanes of at least 4 members (excludes halogenated alkanes) is 2. The molecule has 0 radical (unpaired) electrons. The summed E-state index contributed by atoms with van der Waals surface area (Å²) in [5.74, 6) is 0. The van der Waals surface area contributed by atoms with Crippen LogP contribution in [0.2, 0.25) is 0 Å². The van der Waals surface area contributed by atoms with Crippen LogP contribution >= 0.6 is 11.3 Å². The summed E-state index contributed by atoms with van der Waals surface area (Å²) in [6, 6.07) is 53.4. The summed E-state index contributed by atoms with van der Waals surface area (Å²) in [5.41, 5.74) is 21.8. The highest BCUT2D eigenvalue weighted by Gasteiger charge is 2.58. The Morgan fingerprint density at radius 1 is 0.605 bits per heavy atom. The minimum Gasteiger partial charge on any atom is -0.355 e. The molecule has 2 aliphatic carbocycles. The first-order valence-corrected chi connectivity index (χ1v) is 29.8. The Hall–Kier alpha value is -6.30. The average molecular weight is 1010 g/mol. The molecular formula is C71H74BN3S. The van der Waals surface area contributed by atoms with Crippen molar-refractivity contribution < 1.29 is 0 Å². The van der Waals surface area contributed by atoms with E-state index < -0.39 is 0 Å². The van der Waals surface area contributed by atoms with E-state index >= 15 is 0 Å². The maximum Gasteiger partial charge on any atom is 0.198 e. The van der Waals surface area contributed by atoms with E-state index in [4.69, 9.17) is 0 Å². The van der Waals surface area contributed by atoms with Crippen molar-refractivity contribution in [1.29, 1.82) is 0 Å². The lowest BCUT2D eigenvalue weighted by atomic mass is 9.58. The fraction of sp³-hybridized carbons (Fsp3) is 0.352. The van der Waals surface area contributed by atoms with Crippen LogP contribution in [0.3, 0.4) is 0 Å². The molecule has 8 aromatic carbocycles. The van der Waals surface area contributed by atoms with E-state index in [0.29, 0.717) is 0 Å². The zero-order valence-electron chi connectivity index (χ0n) is 46.8. The Morgan fingerprint density at radius 3 is 2.07 bits per heavy atom. The number of hydrogen-bond donors (Lipinski definition) is 1. The van der Waals surface area contributed by atoms with Gasteiger partial charge >= 0.3 is 0 Å². The molecule has 1 N–H and O–H groups in total. The van der Waals surface area contributed by atoms with Gasteiger partial charge in [-0.05, 0) is 178 Å². The van der Waals surface area contributed by atoms with Gasteiger partial charge < -0.3 is 14.8 Å². The number of anilines is 4. The molecule has 2 aromatic heterocycles. The van der Waals surface area contributed by atoms with Crippen molar-refractivity contribution >= 4 is 105 Å². The van der Waals surface area contributed by atoms with Gasteiger partial charge in [0.25, 0.3) is 0 Å². The molecular weight excluding hydrogens is 938 g/mol. The number of aryl methyl sites for hydroxylation is 1. The van der Waals surface area contributed by atoms with Crippen LogP contribution in [-0.4, -0.2) is 17.4 Å². The molecule has 3 nitrogen and oxygen atoms in total. The first-order valence-electron chi connectivity index (χ1n) is 28.9. The number of fused-ring (bicyclic) bond motifs is 13. The second-order valence-electron chi connectivity index (χ2n) is 26.6.